The van der Waals surface area contributed by atoms with Gasteiger partial charge in [-0.25, -0.2) is 0 Å². The zero-order chi connectivity index (χ0) is 14.1. The van der Waals surface area contributed by atoms with E-state index in [1.807, 2.05) is 34.8 Å². The molecule has 0 aromatic carbocycles. The van der Waals surface area contributed by atoms with Crippen molar-refractivity contribution in [3.63, 3.8) is 0 Å². The van der Waals surface area contributed by atoms with Crippen LogP contribution in [0.15, 0.2) is 30.6 Å². The summed E-state index contributed by atoms with van der Waals surface area (Å²) in [6, 6.07) is 5.57. The molecular weight excluding hydrogens is 278 g/mol. The second kappa shape index (κ2) is 5.34. The van der Waals surface area contributed by atoms with Crippen LogP contribution in [0.4, 0.5) is 0 Å². The summed E-state index contributed by atoms with van der Waals surface area (Å²) in [5, 5.41) is 0.539. The third-order valence-corrected chi connectivity index (χ3v) is 3.81. The summed E-state index contributed by atoms with van der Waals surface area (Å²) in [6.45, 7) is 1.64. The van der Waals surface area contributed by atoms with E-state index in [2.05, 4.69) is 4.98 Å². The van der Waals surface area contributed by atoms with Crippen LogP contribution < -0.4 is 0 Å². The molecule has 0 spiro atoms. The summed E-state index contributed by atoms with van der Waals surface area (Å²) in [6.07, 6.45) is 3.59. The van der Waals surface area contributed by atoms with Crippen LogP contribution in [0.3, 0.4) is 0 Å². The molecule has 20 heavy (non-hydrogen) atoms. The maximum atomic E-state index is 12.6. The van der Waals surface area contributed by atoms with E-state index in [1.54, 1.807) is 12.3 Å². The lowest BCUT2D eigenvalue weighted by molar-refractivity contribution is -0.00490. The molecule has 6 heteroatoms. The minimum absolute atomic E-state index is 0.0496. The highest BCUT2D eigenvalue weighted by Crippen LogP contribution is 2.26. The molecular formula is C14H16ClN3O2. The number of aromatic nitrogens is 2. The van der Waals surface area contributed by atoms with Crippen molar-refractivity contribution in [2.45, 2.75) is 6.04 Å². The fraction of sp³-hybridized carbons (Fsp3) is 0.357. The molecule has 2 aromatic heterocycles. The summed E-state index contributed by atoms with van der Waals surface area (Å²) in [5.41, 5.74) is 1.58. The molecule has 0 saturated carbocycles. The number of H-pyrrole nitrogens is 1. The first kappa shape index (κ1) is 13.3. The zero-order valence-electron chi connectivity index (χ0n) is 11.2. The van der Waals surface area contributed by atoms with E-state index in [1.165, 1.54) is 0 Å². The topological polar surface area (TPSA) is 50.3 Å². The molecule has 0 radical (unpaired) electrons. The third-order valence-electron chi connectivity index (χ3n) is 3.59. The fourth-order valence-corrected chi connectivity index (χ4v) is 2.72. The van der Waals surface area contributed by atoms with Crippen LogP contribution in [0.25, 0.3) is 0 Å². The highest BCUT2D eigenvalue weighted by molar-refractivity contribution is 6.30. The minimum atomic E-state index is -0.0710. The van der Waals surface area contributed by atoms with Gasteiger partial charge in [0, 0.05) is 31.7 Å². The third kappa shape index (κ3) is 2.34. The summed E-state index contributed by atoms with van der Waals surface area (Å²) in [4.78, 5) is 17.3. The van der Waals surface area contributed by atoms with Crippen LogP contribution in [0, 0.1) is 0 Å². The van der Waals surface area contributed by atoms with Crippen molar-refractivity contribution in [2.75, 3.05) is 19.8 Å². The molecule has 3 rings (SSSR count). The molecule has 5 nitrogen and oxygen atoms in total. The number of aryl methyl sites for hydroxylation is 1. The van der Waals surface area contributed by atoms with Crippen LogP contribution in [0.2, 0.25) is 5.02 Å². The summed E-state index contributed by atoms with van der Waals surface area (Å²) in [7, 11) is 1.97. The van der Waals surface area contributed by atoms with Gasteiger partial charge in [0.15, 0.2) is 0 Å². The highest BCUT2D eigenvalue weighted by Gasteiger charge is 2.31. The summed E-state index contributed by atoms with van der Waals surface area (Å²) >= 11 is 5.87. The van der Waals surface area contributed by atoms with E-state index in [0.717, 1.165) is 5.69 Å². The number of amides is 1. The Morgan fingerprint density at radius 2 is 2.40 bits per heavy atom. The van der Waals surface area contributed by atoms with Gasteiger partial charge in [-0.15, -0.1) is 0 Å². The molecule has 0 aliphatic carbocycles. The van der Waals surface area contributed by atoms with E-state index in [-0.39, 0.29) is 11.9 Å². The molecule has 106 valence electrons. The lowest BCUT2D eigenvalue weighted by Gasteiger charge is -2.35. The molecule has 1 fully saturated rings. The van der Waals surface area contributed by atoms with Crippen molar-refractivity contribution in [1.29, 1.82) is 0 Å². The lowest BCUT2D eigenvalue weighted by Crippen LogP contribution is -2.44. The molecule has 1 saturated heterocycles. The SMILES string of the molecule is Cn1cccc1[C@@H]1COCCN1C(=O)c1cc(Cl)c[nH]1. The minimum Gasteiger partial charge on any atom is -0.377 e. The quantitative estimate of drug-likeness (QED) is 0.923. The van der Waals surface area contributed by atoms with Gasteiger partial charge in [-0.1, -0.05) is 11.6 Å². The number of carbonyl (C=O) groups excluding carboxylic acids is 1. The van der Waals surface area contributed by atoms with Gasteiger partial charge in [-0.2, -0.15) is 0 Å². The van der Waals surface area contributed by atoms with E-state index in [0.29, 0.717) is 30.5 Å². The first-order chi connectivity index (χ1) is 9.66. The van der Waals surface area contributed by atoms with Crippen LogP contribution in [0.5, 0.6) is 0 Å². The average molecular weight is 294 g/mol. The molecule has 0 bridgehead atoms. The Hall–Kier alpha value is -1.72. The number of carbonyl (C=O) groups is 1. The predicted molar refractivity (Wildman–Crippen MR) is 75.8 cm³/mol. The van der Waals surface area contributed by atoms with Gasteiger partial charge in [0.1, 0.15) is 5.69 Å². The molecule has 2 aromatic rings. The van der Waals surface area contributed by atoms with E-state index in [4.69, 9.17) is 16.3 Å². The van der Waals surface area contributed by atoms with Crippen molar-refractivity contribution in [3.8, 4) is 0 Å². The molecule has 1 amide bonds. The Labute approximate surface area is 122 Å². The number of hydrogen-bond acceptors (Lipinski definition) is 2. The van der Waals surface area contributed by atoms with Crippen molar-refractivity contribution >= 4 is 17.5 Å². The number of ether oxygens (including phenoxy) is 1. The van der Waals surface area contributed by atoms with Crippen molar-refractivity contribution in [2.24, 2.45) is 7.05 Å². The first-order valence-corrected chi connectivity index (χ1v) is 6.88. The number of aromatic amines is 1. The Kier molecular flexibility index (Phi) is 3.54. The number of nitrogens with one attached hydrogen (secondary N) is 1. The van der Waals surface area contributed by atoms with Gasteiger partial charge in [-0.05, 0) is 18.2 Å². The molecule has 3 heterocycles. The lowest BCUT2D eigenvalue weighted by atomic mass is 10.1. The summed E-state index contributed by atoms with van der Waals surface area (Å²) < 4.78 is 7.55. The molecule has 1 aliphatic heterocycles. The number of morpholine rings is 1. The number of rotatable bonds is 2. The van der Waals surface area contributed by atoms with Crippen LogP contribution in [-0.4, -0.2) is 40.1 Å². The fourth-order valence-electron chi connectivity index (χ4n) is 2.56. The van der Waals surface area contributed by atoms with Gasteiger partial charge in [0.25, 0.3) is 5.91 Å². The molecule has 0 unspecified atom stereocenters. The Morgan fingerprint density at radius 1 is 1.55 bits per heavy atom. The zero-order valence-corrected chi connectivity index (χ0v) is 11.9. The maximum Gasteiger partial charge on any atom is 0.271 e. The van der Waals surface area contributed by atoms with E-state index >= 15 is 0 Å². The van der Waals surface area contributed by atoms with E-state index < -0.39 is 0 Å². The van der Waals surface area contributed by atoms with Crippen molar-refractivity contribution in [1.82, 2.24) is 14.5 Å². The van der Waals surface area contributed by atoms with Gasteiger partial charge in [0.05, 0.1) is 24.3 Å². The molecule has 1 atom stereocenters. The van der Waals surface area contributed by atoms with Gasteiger partial charge >= 0.3 is 0 Å². The van der Waals surface area contributed by atoms with Crippen LogP contribution in [0.1, 0.15) is 22.2 Å². The number of halogens is 1. The Balaban J connectivity index is 1.89. The Bertz CT molecular complexity index is 619. The van der Waals surface area contributed by atoms with Gasteiger partial charge in [-0.3, -0.25) is 4.79 Å². The average Bonchev–Trinajstić information content (AvgIpc) is 3.07. The van der Waals surface area contributed by atoms with E-state index in [9.17, 15) is 4.79 Å². The second-order valence-electron chi connectivity index (χ2n) is 4.86. The largest absolute Gasteiger partial charge is 0.377 e. The van der Waals surface area contributed by atoms with Crippen molar-refractivity contribution in [3.05, 3.63) is 47.0 Å². The summed E-state index contributed by atoms with van der Waals surface area (Å²) in [5.74, 6) is -0.0496. The van der Waals surface area contributed by atoms with Crippen LogP contribution in [-0.2, 0) is 11.8 Å². The molecule has 1 N–H and O–H groups in total. The smallest absolute Gasteiger partial charge is 0.271 e. The highest BCUT2D eigenvalue weighted by atomic mass is 35.5. The van der Waals surface area contributed by atoms with Gasteiger partial charge < -0.3 is 19.2 Å². The number of hydrogen-bond donors (Lipinski definition) is 1. The van der Waals surface area contributed by atoms with Crippen molar-refractivity contribution < 1.29 is 9.53 Å². The monoisotopic (exact) mass is 293 g/mol. The molecule has 1 aliphatic rings. The standard InChI is InChI=1S/C14H16ClN3O2/c1-17-4-2-3-12(17)13-9-20-6-5-18(13)14(19)11-7-10(15)8-16-11/h2-4,7-8,13,16H,5-6,9H2,1H3/t13-/m0/s1. The predicted octanol–water partition coefficient (Wildman–Crippen LogP) is 2.22. The van der Waals surface area contributed by atoms with Gasteiger partial charge in [0.2, 0.25) is 0 Å². The first-order valence-electron chi connectivity index (χ1n) is 6.50. The Morgan fingerprint density at radius 3 is 3.05 bits per heavy atom. The number of nitrogens with zero attached hydrogens (tertiary/aromatic N) is 2. The van der Waals surface area contributed by atoms with Crippen LogP contribution >= 0.6 is 11.6 Å². The normalized spacial score (nSPS) is 19.3. The second-order valence-corrected chi connectivity index (χ2v) is 5.30. The maximum absolute atomic E-state index is 12.6.